The smallest absolute Gasteiger partial charge is 0.354 e. The molecule has 0 radical (unpaired) electrons. The van der Waals surface area contributed by atoms with E-state index in [-0.39, 0.29) is 11.4 Å². The van der Waals surface area contributed by atoms with Crippen LogP contribution < -0.4 is 5.32 Å². The van der Waals surface area contributed by atoms with Crippen molar-refractivity contribution in [1.29, 1.82) is 0 Å². The molecule has 6 nitrogen and oxygen atoms in total. The van der Waals surface area contributed by atoms with Gasteiger partial charge in [-0.1, -0.05) is 0 Å². The molecule has 0 fully saturated rings. The molecular formula is C13H12FN3O3. The number of nitrogens with zero attached hydrogens (tertiary/aromatic N) is 2. The Hall–Kier alpha value is -2.70. The van der Waals surface area contributed by atoms with Crippen LogP contribution in [0.15, 0.2) is 24.3 Å². The van der Waals surface area contributed by atoms with E-state index in [0.29, 0.717) is 11.3 Å². The Bertz CT molecular complexity index is 694. The summed E-state index contributed by atoms with van der Waals surface area (Å²) in [6.07, 6.45) is 0. The molecule has 2 N–H and O–H groups in total. The Morgan fingerprint density at radius 2 is 2.05 bits per heavy atom. The topological polar surface area (TPSA) is 84.2 Å². The largest absolute Gasteiger partial charge is 0.477 e. The van der Waals surface area contributed by atoms with Crippen molar-refractivity contribution in [3.63, 3.8) is 0 Å². The summed E-state index contributed by atoms with van der Waals surface area (Å²) in [4.78, 5) is 22.8. The Morgan fingerprint density at radius 3 is 2.60 bits per heavy atom. The molecule has 20 heavy (non-hydrogen) atoms. The maximum absolute atomic E-state index is 13.0. The Kier molecular flexibility index (Phi) is 3.51. The number of rotatable bonds is 3. The summed E-state index contributed by atoms with van der Waals surface area (Å²) in [7, 11) is 1.43. The van der Waals surface area contributed by atoms with Crippen LogP contribution in [0.25, 0.3) is 0 Å². The van der Waals surface area contributed by atoms with Gasteiger partial charge in [-0.2, -0.15) is 5.10 Å². The van der Waals surface area contributed by atoms with Gasteiger partial charge in [0.15, 0.2) is 5.69 Å². The number of anilines is 1. The monoisotopic (exact) mass is 277 g/mol. The first-order valence-electron chi connectivity index (χ1n) is 5.73. The van der Waals surface area contributed by atoms with Crippen molar-refractivity contribution < 1.29 is 19.1 Å². The van der Waals surface area contributed by atoms with Crippen molar-refractivity contribution in [2.24, 2.45) is 7.05 Å². The lowest BCUT2D eigenvalue weighted by molar-refractivity contribution is 0.0685. The Balaban J connectivity index is 2.24. The fourth-order valence-electron chi connectivity index (χ4n) is 1.73. The third-order valence-electron chi connectivity index (χ3n) is 2.77. The first-order chi connectivity index (χ1) is 9.38. The van der Waals surface area contributed by atoms with Gasteiger partial charge in [0.2, 0.25) is 0 Å². The standard InChI is InChI=1S/C13H12FN3O3/c1-7-5-8(14)3-4-9(7)15-12(18)10-6-11(13(19)20)17(2)16-10/h3-6H,1-2H3,(H,15,18)(H,19,20). The van der Waals surface area contributed by atoms with E-state index in [0.717, 1.165) is 4.68 Å². The summed E-state index contributed by atoms with van der Waals surface area (Å²) < 4.78 is 14.1. The van der Waals surface area contributed by atoms with E-state index in [1.165, 1.54) is 31.3 Å². The molecule has 0 bridgehead atoms. The van der Waals surface area contributed by atoms with Gasteiger partial charge in [0, 0.05) is 18.8 Å². The summed E-state index contributed by atoms with van der Waals surface area (Å²) in [5.41, 5.74) is 0.895. The molecular weight excluding hydrogens is 265 g/mol. The molecule has 0 atom stereocenters. The molecule has 1 heterocycles. The number of halogens is 1. The normalized spacial score (nSPS) is 10.3. The number of aryl methyl sites for hydroxylation is 2. The highest BCUT2D eigenvalue weighted by Crippen LogP contribution is 2.16. The van der Waals surface area contributed by atoms with Crippen LogP contribution in [0.1, 0.15) is 26.5 Å². The lowest BCUT2D eigenvalue weighted by atomic mass is 10.2. The SMILES string of the molecule is Cc1cc(F)ccc1NC(=O)c1cc(C(=O)O)n(C)n1. The number of amides is 1. The van der Waals surface area contributed by atoms with E-state index < -0.39 is 17.7 Å². The zero-order valence-corrected chi connectivity index (χ0v) is 10.8. The molecule has 1 amide bonds. The first kappa shape index (κ1) is 13.7. The van der Waals surface area contributed by atoms with Crippen molar-refractivity contribution in [1.82, 2.24) is 9.78 Å². The maximum atomic E-state index is 13.0. The van der Waals surface area contributed by atoms with Crippen LogP contribution in [-0.4, -0.2) is 26.8 Å². The minimum absolute atomic E-state index is 0.0198. The number of aromatic nitrogens is 2. The van der Waals surface area contributed by atoms with Crippen LogP contribution in [-0.2, 0) is 7.05 Å². The van der Waals surface area contributed by atoms with E-state index in [1.54, 1.807) is 6.92 Å². The molecule has 0 unspecified atom stereocenters. The number of aromatic carboxylic acids is 1. The zero-order valence-electron chi connectivity index (χ0n) is 10.8. The average molecular weight is 277 g/mol. The average Bonchev–Trinajstić information content (AvgIpc) is 2.75. The van der Waals surface area contributed by atoms with Crippen molar-refractivity contribution >= 4 is 17.6 Å². The van der Waals surface area contributed by atoms with Crippen LogP contribution in [0.5, 0.6) is 0 Å². The molecule has 2 aromatic rings. The molecule has 0 saturated carbocycles. The summed E-state index contributed by atoms with van der Waals surface area (Å²) in [6.45, 7) is 1.65. The fourth-order valence-corrected chi connectivity index (χ4v) is 1.73. The highest BCUT2D eigenvalue weighted by molar-refractivity contribution is 6.04. The number of carboxylic acids is 1. The highest BCUT2D eigenvalue weighted by Gasteiger charge is 2.17. The quantitative estimate of drug-likeness (QED) is 0.896. The van der Waals surface area contributed by atoms with Crippen LogP contribution in [0.2, 0.25) is 0 Å². The molecule has 7 heteroatoms. The third-order valence-corrected chi connectivity index (χ3v) is 2.77. The van der Waals surface area contributed by atoms with Gasteiger partial charge in [-0.15, -0.1) is 0 Å². The van der Waals surface area contributed by atoms with Gasteiger partial charge in [-0.25, -0.2) is 9.18 Å². The van der Waals surface area contributed by atoms with Crippen molar-refractivity contribution in [3.05, 3.63) is 47.0 Å². The summed E-state index contributed by atoms with van der Waals surface area (Å²) in [5, 5.41) is 15.3. The van der Waals surface area contributed by atoms with Crippen LogP contribution in [0.3, 0.4) is 0 Å². The van der Waals surface area contributed by atoms with Crippen LogP contribution >= 0.6 is 0 Å². The lowest BCUT2D eigenvalue weighted by Crippen LogP contribution is -2.13. The minimum atomic E-state index is -1.17. The van der Waals surface area contributed by atoms with Crippen molar-refractivity contribution in [2.45, 2.75) is 6.92 Å². The minimum Gasteiger partial charge on any atom is -0.477 e. The summed E-state index contributed by atoms with van der Waals surface area (Å²) in [5.74, 6) is -2.12. The summed E-state index contributed by atoms with van der Waals surface area (Å²) >= 11 is 0. The molecule has 0 aliphatic rings. The van der Waals surface area contributed by atoms with E-state index in [9.17, 15) is 14.0 Å². The predicted octanol–water partition coefficient (Wildman–Crippen LogP) is 1.82. The van der Waals surface area contributed by atoms with Gasteiger partial charge in [0.1, 0.15) is 11.5 Å². The number of carbonyl (C=O) groups excluding carboxylic acids is 1. The van der Waals surface area contributed by atoms with E-state index in [4.69, 9.17) is 5.11 Å². The van der Waals surface area contributed by atoms with Gasteiger partial charge in [-0.05, 0) is 30.7 Å². The molecule has 0 spiro atoms. The molecule has 2 rings (SSSR count). The van der Waals surface area contributed by atoms with E-state index in [2.05, 4.69) is 10.4 Å². The van der Waals surface area contributed by atoms with Gasteiger partial charge in [0.25, 0.3) is 5.91 Å². The third kappa shape index (κ3) is 2.66. The number of hydrogen-bond acceptors (Lipinski definition) is 3. The molecule has 0 aliphatic carbocycles. The number of nitrogens with one attached hydrogen (secondary N) is 1. The fraction of sp³-hybridized carbons (Fsp3) is 0.154. The second kappa shape index (κ2) is 5.12. The molecule has 0 aliphatic heterocycles. The van der Waals surface area contributed by atoms with Crippen molar-refractivity contribution in [2.75, 3.05) is 5.32 Å². The van der Waals surface area contributed by atoms with Crippen LogP contribution in [0, 0.1) is 12.7 Å². The zero-order chi connectivity index (χ0) is 14.9. The van der Waals surface area contributed by atoms with E-state index >= 15 is 0 Å². The lowest BCUT2D eigenvalue weighted by Gasteiger charge is -2.06. The number of carboxylic acid groups (broad SMARTS) is 1. The second-order valence-corrected chi connectivity index (χ2v) is 4.26. The highest BCUT2D eigenvalue weighted by atomic mass is 19.1. The maximum Gasteiger partial charge on any atom is 0.354 e. The molecule has 1 aromatic carbocycles. The Morgan fingerprint density at radius 1 is 1.35 bits per heavy atom. The number of hydrogen-bond donors (Lipinski definition) is 2. The number of carbonyl (C=O) groups is 2. The van der Waals surface area contributed by atoms with Gasteiger partial charge in [0.05, 0.1) is 0 Å². The van der Waals surface area contributed by atoms with Crippen LogP contribution in [0.4, 0.5) is 10.1 Å². The number of benzene rings is 1. The van der Waals surface area contributed by atoms with Crippen molar-refractivity contribution in [3.8, 4) is 0 Å². The summed E-state index contributed by atoms with van der Waals surface area (Å²) in [6, 6.07) is 5.13. The predicted molar refractivity (Wildman–Crippen MR) is 69.3 cm³/mol. The van der Waals surface area contributed by atoms with E-state index in [1.807, 2.05) is 0 Å². The Labute approximate surface area is 113 Å². The van der Waals surface area contributed by atoms with Gasteiger partial charge < -0.3 is 10.4 Å². The molecule has 0 saturated heterocycles. The molecule has 1 aromatic heterocycles. The van der Waals surface area contributed by atoms with Gasteiger partial charge in [-0.3, -0.25) is 9.48 Å². The van der Waals surface area contributed by atoms with Gasteiger partial charge >= 0.3 is 5.97 Å². The second-order valence-electron chi connectivity index (χ2n) is 4.26. The first-order valence-corrected chi connectivity index (χ1v) is 5.73. The molecule has 104 valence electrons.